The number of sulfonamides is 1. The summed E-state index contributed by atoms with van der Waals surface area (Å²) in [5.41, 5.74) is 1.14. The van der Waals surface area contributed by atoms with Crippen LogP contribution in [-0.2, 0) is 21.2 Å². The molecule has 3 rings (SSSR count). The predicted molar refractivity (Wildman–Crippen MR) is 84.5 cm³/mol. The molecule has 0 radical (unpaired) electrons. The molecule has 0 spiro atoms. The fourth-order valence-corrected chi connectivity index (χ4v) is 4.13. The van der Waals surface area contributed by atoms with Crippen molar-refractivity contribution in [2.75, 3.05) is 19.8 Å². The van der Waals surface area contributed by atoms with E-state index < -0.39 is 10.0 Å². The largest absolute Gasteiger partial charge is 0.381 e. The first-order valence-corrected chi connectivity index (χ1v) is 9.70. The third-order valence-electron chi connectivity index (χ3n) is 3.74. The van der Waals surface area contributed by atoms with Crippen LogP contribution in [0.15, 0.2) is 34.1 Å². The van der Waals surface area contributed by atoms with Crippen molar-refractivity contribution in [3.8, 4) is 0 Å². The van der Waals surface area contributed by atoms with Gasteiger partial charge in [0.15, 0.2) is 0 Å². The summed E-state index contributed by atoms with van der Waals surface area (Å²) in [5, 5.41) is 8.22. The first-order valence-electron chi connectivity index (χ1n) is 7.28. The second kappa shape index (κ2) is 6.91. The van der Waals surface area contributed by atoms with Crippen LogP contribution in [0.5, 0.6) is 0 Å². The number of hydrogen-bond donors (Lipinski definition) is 1. The van der Waals surface area contributed by atoms with Gasteiger partial charge in [-0.05, 0) is 41.7 Å². The van der Waals surface area contributed by atoms with Gasteiger partial charge in [-0.1, -0.05) is 0 Å². The highest BCUT2D eigenvalue weighted by molar-refractivity contribution is 7.89. The maximum atomic E-state index is 12.3. The summed E-state index contributed by atoms with van der Waals surface area (Å²) in [4.78, 5) is 0.226. The summed E-state index contributed by atoms with van der Waals surface area (Å²) in [6.07, 6.45) is 5.46. The van der Waals surface area contributed by atoms with E-state index in [1.54, 1.807) is 22.2 Å². The standard InChI is InChI=1S/C14H19N3O3S2/c18-22(19,16-5-1-12-4-8-21-11-12)14-9-15-17(10-14)13-2-6-20-7-3-13/h4,8-11,13,16H,1-3,5-7H2. The van der Waals surface area contributed by atoms with E-state index in [0.29, 0.717) is 26.2 Å². The van der Waals surface area contributed by atoms with Crippen molar-refractivity contribution in [2.45, 2.75) is 30.2 Å². The van der Waals surface area contributed by atoms with Crippen LogP contribution in [0.3, 0.4) is 0 Å². The number of ether oxygens (including phenoxy) is 1. The second-order valence-electron chi connectivity index (χ2n) is 5.28. The molecule has 6 nitrogen and oxygen atoms in total. The Bertz CT molecular complexity index is 689. The lowest BCUT2D eigenvalue weighted by atomic mass is 10.1. The Labute approximate surface area is 134 Å². The van der Waals surface area contributed by atoms with Gasteiger partial charge in [-0.2, -0.15) is 16.4 Å². The molecular formula is C14H19N3O3S2. The van der Waals surface area contributed by atoms with Gasteiger partial charge in [0.05, 0.1) is 12.2 Å². The van der Waals surface area contributed by atoms with Crippen LogP contribution < -0.4 is 4.72 Å². The van der Waals surface area contributed by atoms with E-state index >= 15 is 0 Å². The van der Waals surface area contributed by atoms with Crippen molar-refractivity contribution in [3.05, 3.63) is 34.8 Å². The molecule has 0 aromatic carbocycles. The van der Waals surface area contributed by atoms with Gasteiger partial charge in [0, 0.05) is 26.0 Å². The van der Waals surface area contributed by atoms with E-state index in [0.717, 1.165) is 18.4 Å². The minimum Gasteiger partial charge on any atom is -0.381 e. The molecule has 2 aromatic rings. The highest BCUT2D eigenvalue weighted by Crippen LogP contribution is 2.21. The van der Waals surface area contributed by atoms with E-state index in [4.69, 9.17) is 4.74 Å². The van der Waals surface area contributed by atoms with Crippen molar-refractivity contribution < 1.29 is 13.2 Å². The van der Waals surface area contributed by atoms with Crippen LogP contribution in [0.1, 0.15) is 24.4 Å². The van der Waals surface area contributed by atoms with Gasteiger partial charge < -0.3 is 4.74 Å². The van der Waals surface area contributed by atoms with E-state index in [2.05, 4.69) is 9.82 Å². The zero-order valence-electron chi connectivity index (χ0n) is 12.1. The van der Waals surface area contributed by atoms with Crippen LogP contribution in [0.4, 0.5) is 0 Å². The third kappa shape index (κ3) is 3.75. The van der Waals surface area contributed by atoms with Gasteiger partial charge in [-0.15, -0.1) is 0 Å². The van der Waals surface area contributed by atoms with Crippen LogP contribution in [0, 0.1) is 0 Å². The maximum Gasteiger partial charge on any atom is 0.243 e. The Hall–Kier alpha value is -1.22. The Kier molecular flexibility index (Phi) is 4.92. The number of rotatable bonds is 6. The predicted octanol–water partition coefficient (Wildman–Crippen LogP) is 1.82. The summed E-state index contributed by atoms with van der Waals surface area (Å²) in [6, 6.07) is 2.23. The topological polar surface area (TPSA) is 73.2 Å². The Morgan fingerprint density at radius 1 is 1.41 bits per heavy atom. The monoisotopic (exact) mass is 341 g/mol. The number of nitrogens with one attached hydrogen (secondary N) is 1. The molecule has 120 valence electrons. The summed E-state index contributed by atoms with van der Waals surface area (Å²) in [5.74, 6) is 0. The van der Waals surface area contributed by atoms with Crippen molar-refractivity contribution >= 4 is 21.4 Å². The molecule has 1 aliphatic rings. The normalized spacial score (nSPS) is 16.9. The molecule has 0 unspecified atom stereocenters. The van der Waals surface area contributed by atoms with Gasteiger partial charge in [0.25, 0.3) is 0 Å². The van der Waals surface area contributed by atoms with Crippen molar-refractivity contribution in [1.29, 1.82) is 0 Å². The summed E-state index contributed by atoms with van der Waals surface area (Å²) in [7, 11) is -3.49. The second-order valence-corrected chi connectivity index (χ2v) is 7.83. The van der Waals surface area contributed by atoms with E-state index in [9.17, 15) is 8.42 Å². The van der Waals surface area contributed by atoms with Crippen molar-refractivity contribution in [2.24, 2.45) is 0 Å². The van der Waals surface area contributed by atoms with Crippen LogP contribution in [0.25, 0.3) is 0 Å². The fourth-order valence-electron chi connectivity index (χ4n) is 2.46. The smallest absolute Gasteiger partial charge is 0.243 e. The van der Waals surface area contributed by atoms with Gasteiger partial charge in [0.1, 0.15) is 4.90 Å². The van der Waals surface area contributed by atoms with Crippen LogP contribution >= 0.6 is 11.3 Å². The number of thiophene rings is 1. The highest BCUT2D eigenvalue weighted by Gasteiger charge is 2.20. The van der Waals surface area contributed by atoms with Crippen LogP contribution in [0.2, 0.25) is 0 Å². The van der Waals surface area contributed by atoms with E-state index in [1.165, 1.54) is 6.20 Å². The molecule has 2 aromatic heterocycles. The Morgan fingerprint density at radius 2 is 2.23 bits per heavy atom. The Morgan fingerprint density at radius 3 is 2.95 bits per heavy atom. The number of hydrogen-bond acceptors (Lipinski definition) is 5. The Balaban J connectivity index is 1.60. The van der Waals surface area contributed by atoms with Crippen molar-refractivity contribution in [3.63, 3.8) is 0 Å². The van der Waals surface area contributed by atoms with Gasteiger partial charge in [0.2, 0.25) is 10.0 Å². The molecule has 0 aliphatic carbocycles. The maximum absolute atomic E-state index is 12.3. The zero-order chi connectivity index (χ0) is 15.4. The van der Waals surface area contributed by atoms with E-state index in [-0.39, 0.29) is 10.9 Å². The summed E-state index contributed by atoms with van der Waals surface area (Å²) >= 11 is 1.61. The molecular weight excluding hydrogens is 322 g/mol. The SMILES string of the molecule is O=S(=O)(NCCc1ccsc1)c1cnn(C2CCOCC2)c1. The number of aromatic nitrogens is 2. The molecule has 3 heterocycles. The molecule has 0 bridgehead atoms. The molecule has 8 heteroatoms. The average Bonchev–Trinajstić information content (AvgIpc) is 3.20. The molecule has 1 fully saturated rings. The lowest BCUT2D eigenvalue weighted by Crippen LogP contribution is -2.25. The lowest BCUT2D eigenvalue weighted by Gasteiger charge is -2.22. The third-order valence-corrected chi connectivity index (χ3v) is 5.89. The molecule has 1 saturated heterocycles. The average molecular weight is 341 g/mol. The first-order chi connectivity index (χ1) is 10.6. The first kappa shape index (κ1) is 15.7. The molecule has 0 amide bonds. The van der Waals surface area contributed by atoms with Crippen molar-refractivity contribution in [1.82, 2.24) is 14.5 Å². The minimum absolute atomic E-state index is 0.225. The quantitative estimate of drug-likeness (QED) is 0.870. The number of nitrogens with zero attached hydrogens (tertiary/aromatic N) is 2. The molecule has 0 atom stereocenters. The molecule has 0 saturated carbocycles. The zero-order valence-corrected chi connectivity index (χ0v) is 13.8. The summed E-state index contributed by atoms with van der Waals surface area (Å²) < 4.78 is 34.2. The van der Waals surface area contributed by atoms with Crippen LogP contribution in [-0.4, -0.2) is 38.0 Å². The lowest BCUT2D eigenvalue weighted by molar-refractivity contribution is 0.0662. The summed E-state index contributed by atoms with van der Waals surface area (Å²) in [6.45, 7) is 1.79. The molecule has 1 N–H and O–H groups in total. The fraction of sp³-hybridized carbons (Fsp3) is 0.500. The minimum atomic E-state index is -3.49. The molecule has 22 heavy (non-hydrogen) atoms. The van der Waals surface area contributed by atoms with Gasteiger partial charge in [-0.3, -0.25) is 4.68 Å². The van der Waals surface area contributed by atoms with E-state index in [1.807, 2.05) is 16.8 Å². The van der Waals surface area contributed by atoms with Gasteiger partial charge >= 0.3 is 0 Å². The van der Waals surface area contributed by atoms with Gasteiger partial charge in [-0.25, -0.2) is 13.1 Å². The molecule has 1 aliphatic heterocycles. The highest BCUT2D eigenvalue weighted by atomic mass is 32.2.